The molecule has 0 unspecified atom stereocenters. The molecule has 4 nitrogen and oxygen atoms in total. The lowest BCUT2D eigenvalue weighted by atomic mass is 9.93. The van der Waals surface area contributed by atoms with E-state index in [1.807, 2.05) is 0 Å². The summed E-state index contributed by atoms with van der Waals surface area (Å²) in [5, 5.41) is 6.17. The van der Waals surface area contributed by atoms with E-state index in [-0.39, 0.29) is 5.91 Å². The predicted molar refractivity (Wildman–Crippen MR) is 64.4 cm³/mol. The minimum atomic E-state index is 0.107. The van der Waals surface area contributed by atoms with Crippen molar-refractivity contribution >= 4 is 5.91 Å². The Morgan fingerprint density at radius 1 is 1.31 bits per heavy atom. The first kappa shape index (κ1) is 13.5. The SMILES string of the molecule is CCCNC(=O)CNC1CCC(OC)CC1. The zero-order chi connectivity index (χ0) is 11.8. The zero-order valence-corrected chi connectivity index (χ0v) is 10.4. The van der Waals surface area contributed by atoms with E-state index in [4.69, 9.17) is 4.74 Å². The minimum absolute atomic E-state index is 0.107. The topological polar surface area (TPSA) is 50.4 Å². The highest BCUT2D eigenvalue weighted by Crippen LogP contribution is 2.20. The van der Waals surface area contributed by atoms with Crippen molar-refractivity contribution in [2.45, 2.75) is 51.2 Å². The third-order valence-electron chi connectivity index (χ3n) is 3.13. The van der Waals surface area contributed by atoms with Crippen LogP contribution in [-0.4, -0.2) is 38.3 Å². The van der Waals surface area contributed by atoms with Gasteiger partial charge in [-0.25, -0.2) is 0 Å². The molecule has 0 saturated heterocycles. The van der Waals surface area contributed by atoms with Crippen LogP contribution in [0.5, 0.6) is 0 Å². The summed E-state index contributed by atoms with van der Waals surface area (Å²) < 4.78 is 5.31. The lowest BCUT2D eigenvalue weighted by Crippen LogP contribution is -2.41. The van der Waals surface area contributed by atoms with Gasteiger partial charge in [-0.2, -0.15) is 0 Å². The fourth-order valence-corrected chi connectivity index (χ4v) is 2.07. The van der Waals surface area contributed by atoms with Crippen molar-refractivity contribution in [3.8, 4) is 0 Å². The van der Waals surface area contributed by atoms with Gasteiger partial charge in [-0.05, 0) is 32.1 Å². The molecular weight excluding hydrogens is 204 g/mol. The quantitative estimate of drug-likeness (QED) is 0.714. The Morgan fingerprint density at radius 2 is 2.00 bits per heavy atom. The summed E-state index contributed by atoms with van der Waals surface area (Å²) in [7, 11) is 1.77. The number of carbonyl (C=O) groups excluding carboxylic acids is 1. The predicted octanol–water partition coefficient (Wildman–Crippen LogP) is 1.06. The fraction of sp³-hybridized carbons (Fsp3) is 0.917. The van der Waals surface area contributed by atoms with Crippen molar-refractivity contribution in [1.29, 1.82) is 0 Å². The number of carbonyl (C=O) groups is 1. The van der Waals surface area contributed by atoms with Gasteiger partial charge in [0, 0.05) is 19.7 Å². The third-order valence-corrected chi connectivity index (χ3v) is 3.13. The standard InChI is InChI=1S/C12H24N2O2/c1-3-8-13-12(15)9-14-10-4-6-11(16-2)7-5-10/h10-11,14H,3-9H2,1-2H3,(H,13,15). The molecule has 1 rings (SSSR count). The van der Waals surface area contributed by atoms with Crippen molar-refractivity contribution in [2.24, 2.45) is 0 Å². The molecule has 0 aromatic carbocycles. The van der Waals surface area contributed by atoms with Crippen LogP contribution in [0.25, 0.3) is 0 Å². The molecule has 94 valence electrons. The largest absolute Gasteiger partial charge is 0.381 e. The van der Waals surface area contributed by atoms with Gasteiger partial charge in [0.2, 0.25) is 5.91 Å². The van der Waals surface area contributed by atoms with Crippen LogP contribution in [0.15, 0.2) is 0 Å². The Bertz CT molecular complexity index is 201. The Balaban J connectivity index is 2.07. The molecule has 0 heterocycles. The van der Waals surface area contributed by atoms with Gasteiger partial charge >= 0.3 is 0 Å². The molecular formula is C12H24N2O2. The Hall–Kier alpha value is -0.610. The molecule has 1 aliphatic carbocycles. The van der Waals surface area contributed by atoms with Gasteiger partial charge in [-0.1, -0.05) is 6.92 Å². The Morgan fingerprint density at radius 3 is 2.56 bits per heavy atom. The first-order chi connectivity index (χ1) is 7.76. The molecule has 1 saturated carbocycles. The average Bonchev–Trinajstić information content (AvgIpc) is 2.34. The highest BCUT2D eigenvalue weighted by molar-refractivity contribution is 5.77. The van der Waals surface area contributed by atoms with E-state index in [9.17, 15) is 4.79 Å². The maximum atomic E-state index is 11.4. The molecule has 0 aromatic heterocycles. The number of amides is 1. The second-order valence-electron chi connectivity index (χ2n) is 4.44. The summed E-state index contributed by atoms with van der Waals surface area (Å²) in [6, 6.07) is 0.485. The first-order valence-corrected chi connectivity index (χ1v) is 6.29. The van der Waals surface area contributed by atoms with Crippen LogP contribution in [0.4, 0.5) is 0 Å². The van der Waals surface area contributed by atoms with Gasteiger partial charge in [0.05, 0.1) is 12.6 Å². The Labute approximate surface area is 98.1 Å². The number of ether oxygens (including phenoxy) is 1. The lowest BCUT2D eigenvalue weighted by molar-refractivity contribution is -0.120. The van der Waals surface area contributed by atoms with E-state index in [2.05, 4.69) is 17.6 Å². The molecule has 0 aromatic rings. The molecule has 1 amide bonds. The highest BCUT2D eigenvalue weighted by atomic mass is 16.5. The average molecular weight is 228 g/mol. The van der Waals surface area contributed by atoms with E-state index >= 15 is 0 Å². The summed E-state index contributed by atoms with van der Waals surface area (Å²) in [6.07, 6.45) is 5.84. The minimum Gasteiger partial charge on any atom is -0.381 e. The second-order valence-corrected chi connectivity index (χ2v) is 4.44. The van der Waals surface area contributed by atoms with Gasteiger partial charge < -0.3 is 15.4 Å². The zero-order valence-electron chi connectivity index (χ0n) is 10.4. The molecule has 0 spiro atoms. The van der Waals surface area contributed by atoms with Crippen LogP contribution >= 0.6 is 0 Å². The van der Waals surface area contributed by atoms with Gasteiger partial charge in [0.15, 0.2) is 0 Å². The van der Waals surface area contributed by atoms with E-state index in [1.165, 1.54) is 0 Å². The number of nitrogens with one attached hydrogen (secondary N) is 2. The molecule has 0 atom stereocenters. The van der Waals surface area contributed by atoms with Gasteiger partial charge in [0.25, 0.3) is 0 Å². The van der Waals surface area contributed by atoms with E-state index < -0.39 is 0 Å². The maximum Gasteiger partial charge on any atom is 0.233 e. The molecule has 1 aliphatic rings. The molecule has 1 fully saturated rings. The second kappa shape index (κ2) is 7.63. The highest BCUT2D eigenvalue weighted by Gasteiger charge is 2.20. The van der Waals surface area contributed by atoms with Gasteiger partial charge in [-0.3, -0.25) is 4.79 Å². The smallest absolute Gasteiger partial charge is 0.233 e. The monoisotopic (exact) mass is 228 g/mol. The van der Waals surface area contributed by atoms with Crippen molar-refractivity contribution in [3.05, 3.63) is 0 Å². The normalized spacial score (nSPS) is 25.4. The van der Waals surface area contributed by atoms with Crippen molar-refractivity contribution in [3.63, 3.8) is 0 Å². The summed E-state index contributed by atoms with van der Waals surface area (Å²) in [6.45, 7) is 3.28. The van der Waals surface area contributed by atoms with Crippen molar-refractivity contribution in [2.75, 3.05) is 20.2 Å². The van der Waals surface area contributed by atoms with Crippen LogP contribution in [0.1, 0.15) is 39.0 Å². The maximum absolute atomic E-state index is 11.4. The van der Waals surface area contributed by atoms with Gasteiger partial charge in [-0.15, -0.1) is 0 Å². The lowest BCUT2D eigenvalue weighted by Gasteiger charge is -2.28. The number of methoxy groups -OCH3 is 1. The van der Waals surface area contributed by atoms with E-state index in [0.717, 1.165) is 38.6 Å². The summed E-state index contributed by atoms with van der Waals surface area (Å²) in [5.41, 5.74) is 0. The van der Waals surface area contributed by atoms with Crippen LogP contribution in [0, 0.1) is 0 Å². The number of hydrogen-bond acceptors (Lipinski definition) is 3. The molecule has 16 heavy (non-hydrogen) atoms. The third kappa shape index (κ3) is 4.94. The number of rotatable bonds is 6. The van der Waals surface area contributed by atoms with Gasteiger partial charge in [0.1, 0.15) is 0 Å². The van der Waals surface area contributed by atoms with Crippen molar-refractivity contribution in [1.82, 2.24) is 10.6 Å². The number of hydrogen-bond donors (Lipinski definition) is 2. The fourth-order valence-electron chi connectivity index (χ4n) is 2.07. The molecule has 0 aliphatic heterocycles. The summed E-state index contributed by atoms with van der Waals surface area (Å²) in [5.74, 6) is 0.107. The van der Waals surface area contributed by atoms with Crippen LogP contribution in [0.2, 0.25) is 0 Å². The summed E-state index contributed by atoms with van der Waals surface area (Å²) in [4.78, 5) is 11.4. The molecule has 0 radical (unpaired) electrons. The Kier molecular flexibility index (Phi) is 6.42. The first-order valence-electron chi connectivity index (χ1n) is 6.29. The van der Waals surface area contributed by atoms with Crippen LogP contribution in [-0.2, 0) is 9.53 Å². The molecule has 2 N–H and O–H groups in total. The molecule has 4 heteroatoms. The van der Waals surface area contributed by atoms with Crippen LogP contribution in [0.3, 0.4) is 0 Å². The van der Waals surface area contributed by atoms with Crippen molar-refractivity contribution < 1.29 is 9.53 Å². The summed E-state index contributed by atoms with van der Waals surface area (Å²) >= 11 is 0. The molecule has 0 bridgehead atoms. The van der Waals surface area contributed by atoms with E-state index in [0.29, 0.717) is 18.7 Å². The van der Waals surface area contributed by atoms with Crippen LogP contribution < -0.4 is 10.6 Å². The van der Waals surface area contributed by atoms with E-state index in [1.54, 1.807) is 7.11 Å².